The normalized spacial score (nSPS) is 24.8. The monoisotopic (exact) mass is 588 g/mol. The highest BCUT2D eigenvalue weighted by atomic mass is 35.5. The van der Waals surface area contributed by atoms with Crippen LogP contribution in [0.25, 0.3) is 0 Å². The van der Waals surface area contributed by atoms with Crippen LogP contribution in [0, 0.1) is 11.8 Å². The molecule has 1 aliphatic rings. The molecular weight excluding hydrogens is 562 g/mol. The molecule has 1 fully saturated rings. The molecule has 39 heavy (non-hydrogen) atoms. The number of phosphoric ester groups is 1. The van der Waals surface area contributed by atoms with Crippen LogP contribution in [0.15, 0.2) is 41.5 Å². The third-order valence-electron chi connectivity index (χ3n) is 5.12. The highest BCUT2D eigenvalue weighted by Crippen LogP contribution is 2.52. The van der Waals surface area contributed by atoms with E-state index < -0.39 is 68.3 Å². The second-order valence-electron chi connectivity index (χ2n) is 8.46. The lowest BCUT2D eigenvalue weighted by Gasteiger charge is -2.25. The summed E-state index contributed by atoms with van der Waals surface area (Å²) >= 11 is 6.55. The van der Waals surface area contributed by atoms with Crippen LogP contribution in [0.3, 0.4) is 0 Å². The Morgan fingerprint density at radius 3 is 2.67 bits per heavy atom. The minimum Gasteiger partial charge on any atom is -0.461 e. The third kappa shape index (κ3) is 7.54. The van der Waals surface area contributed by atoms with Gasteiger partial charge in [0.25, 0.3) is 0 Å². The Kier molecular flexibility index (Phi) is 10.1. The Hall–Kier alpha value is -3.05. The van der Waals surface area contributed by atoms with Gasteiger partial charge in [0.15, 0.2) is 17.2 Å². The van der Waals surface area contributed by atoms with E-state index in [4.69, 9.17) is 40.4 Å². The number of aliphatic hydroxyl groups is 1. The SMILES string of the molecule is CC(C)OC(=O)[C@H](C)O[P@](=O)(OC[C@H]1O[C@@H](n2cnc(N)nc2=O)C(Cl)(C#CCF)[C@H]1O)Oc1ccccc1. The molecule has 0 amide bonds. The van der Waals surface area contributed by atoms with Gasteiger partial charge in [0.05, 0.1) is 12.7 Å². The van der Waals surface area contributed by atoms with Crippen molar-refractivity contribution in [1.82, 2.24) is 14.5 Å². The first-order chi connectivity index (χ1) is 18.4. The number of aromatic nitrogens is 3. The molecule has 0 aliphatic carbocycles. The van der Waals surface area contributed by atoms with E-state index in [-0.39, 0.29) is 11.7 Å². The van der Waals surface area contributed by atoms with Crippen molar-refractivity contribution in [3.63, 3.8) is 0 Å². The van der Waals surface area contributed by atoms with E-state index in [1.165, 1.54) is 19.1 Å². The summed E-state index contributed by atoms with van der Waals surface area (Å²) in [4.78, 5) is 29.8. The van der Waals surface area contributed by atoms with Crippen molar-refractivity contribution in [3.05, 3.63) is 47.1 Å². The zero-order valence-electron chi connectivity index (χ0n) is 21.1. The zero-order chi connectivity index (χ0) is 28.8. The standard InChI is InChI=1S/C23H27ClFN4O9P/c1-14(2)35-19(31)15(3)37-39(33,38-16-8-5-4-6-9-16)34-12-17-18(30)23(24,10-7-11-25)20(36-17)29-13-27-21(26)28-22(29)32/h4-6,8-9,13-15,17-18,20,30H,11-12H2,1-3H3,(H2,26,28,32)/t15-,17+,18-,20+,23?,39-/m0/s1. The number of aliphatic hydroxyl groups excluding tert-OH is 1. The molecule has 3 N–H and O–H groups in total. The number of nitrogens with zero attached hydrogens (tertiary/aromatic N) is 3. The van der Waals surface area contributed by atoms with E-state index in [2.05, 4.69) is 21.8 Å². The number of nitrogens with two attached hydrogens (primary N) is 1. The van der Waals surface area contributed by atoms with Crippen LogP contribution < -0.4 is 15.9 Å². The van der Waals surface area contributed by atoms with E-state index in [0.29, 0.717) is 0 Å². The predicted molar refractivity (Wildman–Crippen MR) is 135 cm³/mol. The van der Waals surface area contributed by atoms with E-state index in [9.17, 15) is 23.7 Å². The molecule has 1 aliphatic heterocycles. The van der Waals surface area contributed by atoms with Gasteiger partial charge < -0.3 is 24.8 Å². The van der Waals surface area contributed by atoms with Gasteiger partial charge in [0.1, 0.15) is 31.0 Å². The van der Waals surface area contributed by atoms with Gasteiger partial charge in [-0.15, -0.1) is 0 Å². The number of ether oxygens (including phenoxy) is 2. The number of nitrogen functional groups attached to an aromatic ring is 1. The van der Waals surface area contributed by atoms with Crippen molar-refractivity contribution in [1.29, 1.82) is 0 Å². The fourth-order valence-corrected chi connectivity index (χ4v) is 5.10. The van der Waals surface area contributed by atoms with E-state index in [0.717, 1.165) is 10.9 Å². The van der Waals surface area contributed by atoms with Gasteiger partial charge in [-0.2, -0.15) is 4.98 Å². The number of halogens is 2. The lowest BCUT2D eigenvalue weighted by atomic mass is 9.99. The summed E-state index contributed by atoms with van der Waals surface area (Å²) in [6.45, 7) is 2.73. The number of phosphoric acid groups is 1. The molecule has 6 atom stereocenters. The Morgan fingerprint density at radius 1 is 1.36 bits per heavy atom. The van der Waals surface area contributed by atoms with E-state index >= 15 is 0 Å². The number of para-hydroxylation sites is 1. The third-order valence-corrected chi connectivity index (χ3v) is 7.10. The molecule has 0 saturated carbocycles. The van der Waals surface area contributed by atoms with Gasteiger partial charge in [0, 0.05) is 0 Å². The maximum atomic E-state index is 13.6. The van der Waals surface area contributed by atoms with Gasteiger partial charge >= 0.3 is 19.5 Å². The van der Waals surface area contributed by atoms with Crippen molar-refractivity contribution in [2.45, 2.75) is 56.3 Å². The highest BCUT2D eigenvalue weighted by Gasteiger charge is 2.57. The molecule has 2 aromatic rings. The van der Waals surface area contributed by atoms with Crippen molar-refractivity contribution >= 4 is 31.3 Å². The molecule has 16 heteroatoms. The Balaban J connectivity index is 1.88. The summed E-state index contributed by atoms with van der Waals surface area (Å²) in [5.41, 5.74) is 4.49. The molecular formula is C23H27ClFN4O9P. The zero-order valence-corrected chi connectivity index (χ0v) is 22.8. The van der Waals surface area contributed by atoms with E-state index in [1.54, 1.807) is 32.0 Å². The number of hydrogen-bond donors (Lipinski definition) is 2. The molecule has 0 spiro atoms. The number of anilines is 1. The van der Waals surface area contributed by atoms with Gasteiger partial charge in [-0.3, -0.25) is 13.6 Å². The number of hydrogen-bond acceptors (Lipinski definition) is 12. The minimum absolute atomic E-state index is 0.0853. The first-order valence-electron chi connectivity index (χ1n) is 11.6. The molecule has 2 heterocycles. The summed E-state index contributed by atoms with van der Waals surface area (Å²) < 4.78 is 54.4. The molecule has 0 radical (unpaired) electrons. The van der Waals surface area contributed by atoms with Crippen LogP contribution in [-0.4, -0.2) is 68.2 Å². The lowest BCUT2D eigenvalue weighted by Crippen LogP contribution is -2.43. The lowest BCUT2D eigenvalue weighted by molar-refractivity contribution is -0.156. The summed E-state index contributed by atoms with van der Waals surface area (Å²) in [5, 5.41) is 11.0. The molecule has 13 nitrogen and oxygen atoms in total. The van der Waals surface area contributed by atoms with E-state index in [1.807, 2.05) is 0 Å². The number of carbonyl (C=O) groups is 1. The van der Waals surface area contributed by atoms with Crippen LogP contribution >= 0.6 is 19.4 Å². The van der Waals surface area contributed by atoms with Crippen LogP contribution in [0.5, 0.6) is 5.75 Å². The number of benzene rings is 1. The second-order valence-corrected chi connectivity index (χ2v) is 10.6. The van der Waals surface area contributed by atoms with Crippen molar-refractivity contribution in [2.24, 2.45) is 0 Å². The second kappa shape index (κ2) is 12.9. The first-order valence-corrected chi connectivity index (χ1v) is 13.4. The largest absolute Gasteiger partial charge is 0.530 e. The Labute approximate surface area is 228 Å². The van der Waals surface area contributed by atoms with Crippen molar-refractivity contribution < 1.29 is 41.9 Å². The summed E-state index contributed by atoms with van der Waals surface area (Å²) in [7, 11) is -4.59. The van der Waals surface area contributed by atoms with Gasteiger partial charge in [-0.25, -0.2) is 23.5 Å². The molecule has 1 aromatic heterocycles. The molecule has 0 bridgehead atoms. The predicted octanol–water partition coefficient (Wildman–Crippen LogP) is 1.99. The fourth-order valence-electron chi connectivity index (χ4n) is 3.39. The quantitative estimate of drug-likeness (QED) is 0.179. The topological polar surface area (TPSA) is 174 Å². The summed E-state index contributed by atoms with van der Waals surface area (Å²) in [5.74, 6) is 3.39. The average molecular weight is 589 g/mol. The molecule has 212 valence electrons. The maximum Gasteiger partial charge on any atom is 0.530 e. The average Bonchev–Trinajstić information content (AvgIpc) is 3.11. The van der Waals surface area contributed by atoms with Gasteiger partial charge in [-0.1, -0.05) is 41.6 Å². The fraction of sp³-hybridized carbons (Fsp3) is 0.478. The molecule has 1 unspecified atom stereocenters. The minimum atomic E-state index is -4.59. The van der Waals surface area contributed by atoms with Crippen molar-refractivity contribution in [2.75, 3.05) is 19.0 Å². The molecule has 3 rings (SSSR count). The van der Waals surface area contributed by atoms with Crippen LogP contribution in [0.4, 0.5) is 10.3 Å². The molecule has 1 saturated heterocycles. The van der Waals surface area contributed by atoms with Crippen molar-refractivity contribution in [3.8, 4) is 17.6 Å². The van der Waals surface area contributed by atoms with Crippen LogP contribution in [0.2, 0.25) is 0 Å². The summed E-state index contributed by atoms with van der Waals surface area (Å²) in [6.07, 6.45) is -5.54. The smallest absolute Gasteiger partial charge is 0.461 e. The number of carbonyl (C=O) groups excluding carboxylic acids is 1. The number of esters is 1. The molecule has 1 aromatic carbocycles. The van der Waals surface area contributed by atoms with Crippen LogP contribution in [0.1, 0.15) is 27.0 Å². The summed E-state index contributed by atoms with van der Waals surface area (Å²) in [6, 6.07) is 7.83. The number of rotatable bonds is 10. The number of alkyl halides is 2. The Bertz CT molecular complexity index is 1320. The van der Waals surface area contributed by atoms with Crippen LogP contribution in [-0.2, 0) is 27.9 Å². The van der Waals surface area contributed by atoms with Gasteiger partial charge in [0.2, 0.25) is 5.95 Å². The van der Waals surface area contributed by atoms with Gasteiger partial charge in [-0.05, 0) is 32.9 Å². The Morgan fingerprint density at radius 2 is 2.05 bits per heavy atom. The highest BCUT2D eigenvalue weighted by molar-refractivity contribution is 7.49. The maximum absolute atomic E-state index is 13.6. The first kappa shape index (κ1) is 30.5.